The van der Waals surface area contributed by atoms with Crippen molar-refractivity contribution >= 4 is 18.9 Å². The van der Waals surface area contributed by atoms with E-state index in [4.69, 9.17) is 15.0 Å². The van der Waals surface area contributed by atoms with Crippen molar-refractivity contribution in [1.29, 1.82) is 0 Å². The molecule has 3 nitrogen and oxygen atoms in total. The van der Waals surface area contributed by atoms with E-state index in [9.17, 15) is 0 Å². The SMILES string of the molecule is CCSc1ccc([C@H](N)B2OC(C)(C)C(C)(C)O2)cc1. The van der Waals surface area contributed by atoms with Crippen molar-refractivity contribution in [1.82, 2.24) is 0 Å². The topological polar surface area (TPSA) is 44.5 Å². The zero-order valence-corrected chi connectivity index (χ0v) is 13.8. The van der Waals surface area contributed by atoms with Crippen LogP contribution in [0, 0.1) is 0 Å². The second-order valence-electron chi connectivity index (χ2n) is 6.15. The van der Waals surface area contributed by atoms with Gasteiger partial charge in [0.1, 0.15) is 0 Å². The van der Waals surface area contributed by atoms with Crippen LogP contribution < -0.4 is 5.73 Å². The molecule has 1 saturated heterocycles. The average molecular weight is 293 g/mol. The molecule has 1 aromatic rings. The fraction of sp³-hybridized carbons (Fsp3) is 0.600. The van der Waals surface area contributed by atoms with Gasteiger partial charge in [-0.3, -0.25) is 0 Å². The van der Waals surface area contributed by atoms with Gasteiger partial charge in [0.25, 0.3) is 0 Å². The van der Waals surface area contributed by atoms with E-state index in [1.165, 1.54) is 4.90 Å². The molecule has 1 aliphatic rings. The summed E-state index contributed by atoms with van der Waals surface area (Å²) < 4.78 is 12.0. The minimum absolute atomic E-state index is 0.267. The van der Waals surface area contributed by atoms with Crippen LogP contribution in [-0.4, -0.2) is 24.1 Å². The summed E-state index contributed by atoms with van der Waals surface area (Å²) in [6.07, 6.45) is 0. The van der Waals surface area contributed by atoms with Gasteiger partial charge in [-0.2, -0.15) is 0 Å². The molecule has 0 bridgehead atoms. The highest BCUT2D eigenvalue weighted by Gasteiger charge is 2.53. The first kappa shape index (κ1) is 15.9. The van der Waals surface area contributed by atoms with Crippen LogP contribution in [0.5, 0.6) is 0 Å². The number of rotatable bonds is 4. The number of hydrogen-bond acceptors (Lipinski definition) is 4. The average Bonchev–Trinajstić information content (AvgIpc) is 2.59. The first-order valence-corrected chi connectivity index (χ1v) is 8.09. The minimum atomic E-state index is -0.398. The molecule has 1 heterocycles. The third-order valence-corrected chi connectivity index (χ3v) is 5.03. The van der Waals surface area contributed by atoms with E-state index < -0.39 is 7.12 Å². The molecule has 0 aliphatic carbocycles. The lowest BCUT2D eigenvalue weighted by Crippen LogP contribution is -2.41. The Balaban J connectivity index is 2.10. The summed E-state index contributed by atoms with van der Waals surface area (Å²) in [5.74, 6) is 0.805. The van der Waals surface area contributed by atoms with Crippen molar-refractivity contribution in [2.45, 2.75) is 56.7 Å². The number of benzene rings is 1. The van der Waals surface area contributed by atoms with Crippen LogP contribution in [0.25, 0.3) is 0 Å². The summed E-state index contributed by atoms with van der Waals surface area (Å²) in [6, 6.07) is 8.34. The van der Waals surface area contributed by atoms with Crippen LogP contribution in [0.3, 0.4) is 0 Å². The highest BCUT2D eigenvalue weighted by Crippen LogP contribution is 2.39. The summed E-state index contributed by atoms with van der Waals surface area (Å²) in [6.45, 7) is 10.3. The van der Waals surface area contributed by atoms with E-state index in [-0.39, 0.29) is 17.1 Å². The molecular weight excluding hydrogens is 269 g/mol. The molecule has 110 valence electrons. The fourth-order valence-corrected chi connectivity index (χ4v) is 2.81. The number of hydrogen-bond donors (Lipinski definition) is 1. The van der Waals surface area contributed by atoms with Crippen LogP contribution >= 0.6 is 11.8 Å². The van der Waals surface area contributed by atoms with E-state index in [0.29, 0.717) is 0 Å². The van der Waals surface area contributed by atoms with E-state index in [0.717, 1.165) is 11.3 Å². The van der Waals surface area contributed by atoms with E-state index in [1.54, 1.807) is 0 Å². The van der Waals surface area contributed by atoms with Gasteiger partial charge in [0, 0.05) is 4.90 Å². The Kier molecular flexibility index (Phi) is 4.55. The Morgan fingerprint density at radius 2 is 1.60 bits per heavy atom. The number of thioether (sulfide) groups is 1. The molecule has 2 rings (SSSR count). The van der Waals surface area contributed by atoms with E-state index in [1.807, 2.05) is 39.5 Å². The van der Waals surface area contributed by atoms with Crippen LogP contribution in [-0.2, 0) is 9.31 Å². The molecule has 0 saturated carbocycles. The van der Waals surface area contributed by atoms with Crippen LogP contribution in [0.15, 0.2) is 29.2 Å². The highest BCUT2D eigenvalue weighted by atomic mass is 32.2. The second-order valence-corrected chi connectivity index (χ2v) is 7.49. The van der Waals surface area contributed by atoms with Gasteiger partial charge < -0.3 is 15.0 Å². The minimum Gasteiger partial charge on any atom is -0.402 e. The maximum Gasteiger partial charge on any atom is 0.480 e. The van der Waals surface area contributed by atoms with Gasteiger partial charge in [0.15, 0.2) is 0 Å². The van der Waals surface area contributed by atoms with Crippen molar-refractivity contribution in [3.63, 3.8) is 0 Å². The van der Waals surface area contributed by atoms with Gasteiger partial charge in [-0.15, -0.1) is 11.8 Å². The Hall–Kier alpha value is -0.485. The predicted molar refractivity (Wildman–Crippen MR) is 85.9 cm³/mol. The summed E-state index contributed by atoms with van der Waals surface area (Å²) in [5.41, 5.74) is 6.68. The van der Waals surface area contributed by atoms with Gasteiger partial charge in [0.05, 0.1) is 17.1 Å². The number of nitrogens with two attached hydrogens (primary N) is 1. The van der Waals surface area contributed by atoms with Gasteiger partial charge in [-0.1, -0.05) is 19.1 Å². The van der Waals surface area contributed by atoms with Crippen molar-refractivity contribution in [3.8, 4) is 0 Å². The molecule has 1 aromatic carbocycles. The van der Waals surface area contributed by atoms with Gasteiger partial charge in [0.2, 0.25) is 0 Å². The zero-order valence-electron chi connectivity index (χ0n) is 13.0. The summed E-state index contributed by atoms with van der Waals surface area (Å²) >= 11 is 1.82. The van der Waals surface area contributed by atoms with Crippen LogP contribution in [0.1, 0.15) is 46.1 Å². The molecule has 0 unspecified atom stereocenters. The quantitative estimate of drug-likeness (QED) is 0.682. The van der Waals surface area contributed by atoms with Crippen molar-refractivity contribution < 1.29 is 9.31 Å². The van der Waals surface area contributed by atoms with E-state index in [2.05, 4.69) is 31.2 Å². The third-order valence-electron chi connectivity index (χ3n) is 4.14. The van der Waals surface area contributed by atoms with Crippen molar-refractivity contribution in [3.05, 3.63) is 29.8 Å². The maximum absolute atomic E-state index is 6.31. The lowest BCUT2D eigenvalue weighted by Gasteiger charge is -2.32. The van der Waals surface area contributed by atoms with Crippen LogP contribution in [0.2, 0.25) is 0 Å². The van der Waals surface area contributed by atoms with Gasteiger partial charge in [-0.05, 0) is 51.1 Å². The first-order chi connectivity index (χ1) is 9.27. The Labute approximate surface area is 126 Å². The lowest BCUT2D eigenvalue weighted by atomic mass is 9.75. The predicted octanol–water partition coefficient (Wildman–Crippen LogP) is 3.43. The van der Waals surface area contributed by atoms with Crippen LogP contribution in [0.4, 0.5) is 0 Å². The van der Waals surface area contributed by atoms with Crippen molar-refractivity contribution in [2.75, 3.05) is 5.75 Å². The summed E-state index contributed by atoms with van der Waals surface area (Å²) in [4.78, 5) is 1.26. The fourth-order valence-electron chi connectivity index (χ4n) is 2.15. The summed E-state index contributed by atoms with van der Waals surface area (Å²) in [7, 11) is -0.398. The molecule has 0 radical (unpaired) electrons. The molecule has 1 atom stereocenters. The first-order valence-electron chi connectivity index (χ1n) is 7.11. The van der Waals surface area contributed by atoms with E-state index >= 15 is 0 Å². The Morgan fingerprint density at radius 1 is 1.10 bits per heavy atom. The molecule has 0 aromatic heterocycles. The monoisotopic (exact) mass is 293 g/mol. The normalized spacial score (nSPS) is 22.0. The zero-order chi connectivity index (χ0) is 15.0. The molecule has 5 heteroatoms. The molecular formula is C15H24BNO2S. The third kappa shape index (κ3) is 3.06. The smallest absolute Gasteiger partial charge is 0.402 e. The standard InChI is InChI=1S/C15H24BNO2S/c1-6-20-12-9-7-11(8-10-12)13(17)16-18-14(2,3)15(4,5)19-16/h7-10,13H,6,17H2,1-5H3/t13-/m0/s1. The highest BCUT2D eigenvalue weighted by molar-refractivity contribution is 7.99. The maximum atomic E-state index is 6.31. The van der Waals surface area contributed by atoms with Crippen molar-refractivity contribution in [2.24, 2.45) is 5.73 Å². The lowest BCUT2D eigenvalue weighted by molar-refractivity contribution is 0.00578. The molecule has 1 aliphatic heterocycles. The van der Waals surface area contributed by atoms with Gasteiger partial charge in [-0.25, -0.2) is 0 Å². The molecule has 1 fully saturated rings. The largest absolute Gasteiger partial charge is 0.480 e. The second kappa shape index (κ2) is 5.72. The summed E-state index contributed by atoms with van der Waals surface area (Å²) in [5, 5.41) is 0. The molecule has 0 amide bonds. The van der Waals surface area contributed by atoms with Gasteiger partial charge >= 0.3 is 7.12 Å². The molecule has 2 N–H and O–H groups in total. The Bertz CT molecular complexity index is 445. The molecule has 20 heavy (non-hydrogen) atoms. The molecule has 0 spiro atoms. The Morgan fingerprint density at radius 3 is 2.05 bits per heavy atom.